The molecule has 0 bridgehead atoms. The molecule has 5 aromatic heterocycles. The van der Waals surface area contributed by atoms with E-state index in [1.807, 2.05) is 43.7 Å². The van der Waals surface area contributed by atoms with Crippen molar-refractivity contribution in [3.8, 4) is 24.0 Å². The highest BCUT2D eigenvalue weighted by Crippen LogP contribution is 2.31. The van der Waals surface area contributed by atoms with Crippen LogP contribution in [0.1, 0.15) is 90.1 Å². The van der Waals surface area contributed by atoms with E-state index < -0.39 is 0 Å². The molecule has 0 unspecified atom stereocenters. The molecular weight excluding hydrogens is 1090 g/mol. The van der Waals surface area contributed by atoms with Gasteiger partial charge in [0.15, 0.2) is 0 Å². The highest BCUT2D eigenvalue weighted by Gasteiger charge is 2.27. The van der Waals surface area contributed by atoms with Crippen molar-refractivity contribution in [1.29, 1.82) is 0 Å². The second-order valence-electron chi connectivity index (χ2n) is 22.6. The average molecular weight is 1180 g/mol. The van der Waals surface area contributed by atoms with E-state index in [9.17, 15) is 14.4 Å². The highest BCUT2D eigenvalue weighted by molar-refractivity contribution is 5.36. The number of aromatic amines is 3. The second kappa shape index (κ2) is 31.1. The van der Waals surface area contributed by atoms with Gasteiger partial charge in [-0.15, -0.1) is 6.42 Å². The van der Waals surface area contributed by atoms with Gasteiger partial charge < -0.3 is 43.7 Å². The minimum absolute atomic E-state index is 0.0652. The van der Waals surface area contributed by atoms with Crippen LogP contribution in [-0.2, 0) is 33.8 Å². The number of pyridine rings is 2. The molecule has 1 aromatic carbocycles. The molecule has 6 aliphatic heterocycles. The van der Waals surface area contributed by atoms with Gasteiger partial charge in [0.2, 0.25) is 23.7 Å². The van der Waals surface area contributed by atoms with Crippen molar-refractivity contribution in [2.75, 3.05) is 159 Å². The fraction of sp³-hybridized carbons (Fsp3) is 0.524. The smallest absolute Gasteiger partial charge is 0.252 e. The number of H-pyrrole nitrogens is 3. The zero-order valence-electron chi connectivity index (χ0n) is 49.8. The van der Waals surface area contributed by atoms with Crippen molar-refractivity contribution in [1.82, 2.24) is 54.6 Å². The fourth-order valence-corrected chi connectivity index (χ4v) is 11.8. The van der Waals surface area contributed by atoms with Gasteiger partial charge in [-0.2, -0.15) is 0 Å². The van der Waals surface area contributed by atoms with E-state index in [0.717, 1.165) is 165 Å². The third kappa shape index (κ3) is 17.7. The summed E-state index contributed by atoms with van der Waals surface area (Å²) in [6.07, 6.45) is 15.1. The number of piperidine rings is 3. The van der Waals surface area contributed by atoms with Crippen LogP contribution in [0.25, 0.3) is 0 Å². The van der Waals surface area contributed by atoms with Crippen LogP contribution in [0.3, 0.4) is 0 Å². The molecule has 0 radical (unpaired) electrons. The summed E-state index contributed by atoms with van der Waals surface area (Å²) < 4.78 is 26.7. The number of morpholine rings is 3. The Kier molecular flexibility index (Phi) is 22.2. The van der Waals surface area contributed by atoms with Crippen molar-refractivity contribution in [3.05, 3.63) is 144 Å². The van der Waals surface area contributed by atoms with E-state index in [1.165, 1.54) is 16.7 Å². The molecule has 23 heteroatoms. The molecule has 86 heavy (non-hydrogen) atoms. The van der Waals surface area contributed by atoms with Crippen LogP contribution in [0, 0.1) is 12.3 Å². The van der Waals surface area contributed by atoms with Crippen molar-refractivity contribution in [3.63, 3.8) is 0 Å². The Morgan fingerprint density at radius 2 is 0.895 bits per heavy atom. The van der Waals surface area contributed by atoms with Gasteiger partial charge in [-0.25, -0.2) is 24.9 Å². The second-order valence-corrected chi connectivity index (χ2v) is 22.6. The third-order valence-corrected chi connectivity index (χ3v) is 16.7. The number of nitrogens with one attached hydrogen (secondary N) is 4. The van der Waals surface area contributed by atoms with E-state index in [-0.39, 0.29) is 23.3 Å². The number of aromatic nitrogens is 8. The van der Waals surface area contributed by atoms with E-state index in [0.29, 0.717) is 81.1 Å². The molecule has 11 heterocycles. The quantitative estimate of drug-likeness (QED) is 0.0951. The van der Waals surface area contributed by atoms with E-state index in [4.69, 9.17) is 45.1 Å². The molecular formula is C63H83N15O8. The number of hydrogen-bond donors (Lipinski definition) is 4. The Hall–Kier alpha value is -7.72. The summed E-state index contributed by atoms with van der Waals surface area (Å²) >= 11 is 0. The lowest BCUT2D eigenvalue weighted by Crippen LogP contribution is -2.39. The van der Waals surface area contributed by atoms with Crippen LogP contribution in [0.4, 0.5) is 23.7 Å². The molecule has 6 aliphatic rings. The van der Waals surface area contributed by atoms with Crippen molar-refractivity contribution < 1.29 is 23.7 Å². The predicted molar refractivity (Wildman–Crippen MR) is 331 cm³/mol. The summed E-state index contributed by atoms with van der Waals surface area (Å²) in [6.45, 7) is 17.6. The van der Waals surface area contributed by atoms with Crippen LogP contribution in [-0.4, -0.2) is 194 Å². The molecule has 6 saturated heterocycles. The van der Waals surface area contributed by atoms with Gasteiger partial charge in [-0.3, -0.25) is 44.0 Å². The molecule has 0 aliphatic carbocycles. The Balaban J connectivity index is 0.000000143. The molecule has 0 saturated carbocycles. The average Bonchev–Trinajstić information content (AvgIpc) is 3.72. The van der Waals surface area contributed by atoms with Gasteiger partial charge in [0, 0.05) is 120 Å². The number of methoxy groups -OCH3 is 1. The SMILES string of the molecule is C#CCOc1ccc(CN2CCC(c3cc(=O)[nH]c(N4CCOCC4)n3)CC2)cc1.CNc1ccc(CN2CCC(c3cc(=O)[nH]c(N4CCOCC4)n3)CC2)cn1.COc1ccc(CN2CCC(c3cc(=O)[nH]c(N4CCOCC4)n3)CC2)cn1. The Labute approximate surface area is 502 Å². The normalized spacial score (nSPS) is 18.7. The van der Waals surface area contributed by atoms with Crippen molar-refractivity contribution >= 4 is 23.7 Å². The van der Waals surface area contributed by atoms with Gasteiger partial charge in [-0.05, 0) is 113 Å². The van der Waals surface area contributed by atoms with Crippen molar-refractivity contribution in [2.45, 2.75) is 75.9 Å². The molecule has 4 N–H and O–H groups in total. The minimum Gasteiger partial charge on any atom is -0.481 e. The first-order valence-corrected chi connectivity index (χ1v) is 30.4. The number of rotatable bonds is 16. The number of likely N-dealkylation sites (tertiary alicyclic amines) is 3. The lowest BCUT2D eigenvalue weighted by Gasteiger charge is -2.32. The maximum atomic E-state index is 12.2. The highest BCUT2D eigenvalue weighted by atomic mass is 16.5. The number of ether oxygens (including phenoxy) is 5. The zero-order chi connectivity index (χ0) is 59.5. The number of hydrogen-bond acceptors (Lipinski definition) is 20. The van der Waals surface area contributed by atoms with Crippen LogP contribution < -0.4 is 46.2 Å². The standard InChI is InChI=1S/C23H28N4O3.C20H28N6O2.C20H27N5O3/c1-2-13-30-20-5-3-18(4-6-20)17-26-9-7-19(8-10-26)21-16-22(28)25-23(24-21)27-11-14-29-15-12-27;1-21-18-3-2-15(13-22-18)14-25-6-4-16(5-7-25)17-12-19(27)24-20(23-17)26-8-10-28-11-9-26;1-27-19-3-2-15(13-21-19)14-24-6-4-16(5-7-24)17-12-18(26)23-20(22-17)25-8-10-28-11-9-25/h1,3-6,16,19H,7-15,17H2,(H,24,25,28);2-3,12-13,16H,4-11,14H2,1H3,(H,21,22)(H,23,24,27);2-3,12-13,16H,4-11,14H2,1H3,(H,22,23,26). The molecule has 0 spiro atoms. The fourth-order valence-electron chi connectivity index (χ4n) is 11.8. The molecule has 12 rings (SSSR count). The topological polar surface area (TPSA) is 241 Å². The lowest BCUT2D eigenvalue weighted by atomic mass is 9.93. The summed E-state index contributed by atoms with van der Waals surface area (Å²) in [5.74, 6) is 7.82. The largest absolute Gasteiger partial charge is 0.481 e. The Morgan fingerprint density at radius 3 is 1.23 bits per heavy atom. The molecule has 458 valence electrons. The van der Waals surface area contributed by atoms with E-state index in [2.05, 4.69) is 89.8 Å². The van der Waals surface area contributed by atoms with Crippen LogP contribution in [0.2, 0.25) is 0 Å². The Morgan fingerprint density at radius 1 is 0.523 bits per heavy atom. The zero-order valence-corrected chi connectivity index (χ0v) is 49.8. The van der Waals surface area contributed by atoms with Crippen LogP contribution >= 0.6 is 0 Å². The molecule has 0 atom stereocenters. The maximum absolute atomic E-state index is 12.2. The summed E-state index contributed by atoms with van der Waals surface area (Å²) in [6, 6.07) is 21.2. The van der Waals surface area contributed by atoms with Crippen LogP contribution in [0.5, 0.6) is 11.6 Å². The third-order valence-electron chi connectivity index (χ3n) is 16.7. The summed E-state index contributed by atoms with van der Waals surface area (Å²) in [5, 5.41) is 3.04. The first-order chi connectivity index (χ1) is 42.1. The first-order valence-electron chi connectivity index (χ1n) is 30.4. The molecule has 6 fully saturated rings. The molecule has 23 nitrogen and oxygen atoms in total. The summed E-state index contributed by atoms with van der Waals surface area (Å²) in [4.78, 5) is 81.9. The van der Waals surface area contributed by atoms with Gasteiger partial charge >= 0.3 is 0 Å². The minimum atomic E-state index is -0.0731. The Bertz CT molecular complexity index is 3120. The number of anilines is 4. The van der Waals surface area contributed by atoms with Crippen molar-refractivity contribution in [2.24, 2.45) is 0 Å². The molecule has 6 aromatic rings. The predicted octanol–water partition coefficient (Wildman–Crippen LogP) is 4.81. The summed E-state index contributed by atoms with van der Waals surface area (Å²) in [7, 11) is 3.50. The first kappa shape index (κ1) is 61.4. The number of terminal acetylenes is 1. The molecule has 0 amide bonds. The van der Waals surface area contributed by atoms with Crippen LogP contribution in [0.15, 0.2) is 93.5 Å². The number of benzene rings is 1. The lowest BCUT2D eigenvalue weighted by molar-refractivity contribution is 0.122. The van der Waals surface area contributed by atoms with E-state index >= 15 is 0 Å². The maximum Gasteiger partial charge on any atom is 0.252 e. The summed E-state index contributed by atoms with van der Waals surface area (Å²) in [5.41, 5.74) is 6.20. The monoisotopic (exact) mass is 1180 g/mol. The number of nitrogens with zero attached hydrogens (tertiary/aromatic N) is 11. The van der Waals surface area contributed by atoms with Gasteiger partial charge in [-0.1, -0.05) is 30.2 Å². The van der Waals surface area contributed by atoms with E-state index in [1.54, 1.807) is 25.3 Å². The van der Waals surface area contributed by atoms with Gasteiger partial charge in [0.05, 0.1) is 63.8 Å². The van der Waals surface area contributed by atoms with Gasteiger partial charge in [0.1, 0.15) is 18.2 Å². The van der Waals surface area contributed by atoms with Gasteiger partial charge in [0.25, 0.3) is 16.7 Å².